The van der Waals surface area contributed by atoms with Crippen LogP contribution in [-0.4, -0.2) is 21.0 Å². The number of nitro benzene ring substituents is 1. The van der Waals surface area contributed by atoms with Crippen LogP contribution in [0.4, 0.5) is 11.4 Å². The summed E-state index contributed by atoms with van der Waals surface area (Å²) in [6.07, 6.45) is 5.51. The number of nitrogens with zero attached hydrogens (tertiary/aromatic N) is 2. The molecule has 0 atom stereocenters. The Labute approximate surface area is 175 Å². The van der Waals surface area contributed by atoms with Crippen LogP contribution in [0.3, 0.4) is 0 Å². The van der Waals surface area contributed by atoms with Crippen LogP contribution in [0.5, 0.6) is 0 Å². The number of furan rings is 1. The van der Waals surface area contributed by atoms with Gasteiger partial charge in [0.15, 0.2) is 5.76 Å². The Kier molecular flexibility index (Phi) is 5.39. The van der Waals surface area contributed by atoms with Crippen molar-refractivity contribution in [2.45, 2.75) is 6.42 Å². The Balaban J connectivity index is 1.54. The average molecular weight is 416 g/mol. The number of non-ortho nitro benzene ring substituents is 1. The van der Waals surface area contributed by atoms with Crippen molar-refractivity contribution in [2.75, 3.05) is 5.32 Å². The summed E-state index contributed by atoms with van der Waals surface area (Å²) < 4.78 is 5.07. The molecule has 2 aromatic carbocycles. The van der Waals surface area contributed by atoms with Crippen LogP contribution in [0.25, 0.3) is 16.8 Å². The highest BCUT2D eigenvalue weighted by Crippen LogP contribution is 2.20. The normalized spacial score (nSPS) is 11.1. The van der Waals surface area contributed by atoms with Gasteiger partial charge in [-0.2, -0.15) is 5.10 Å². The van der Waals surface area contributed by atoms with E-state index in [0.29, 0.717) is 28.6 Å². The Bertz CT molecular complexity index is 1340. The van der Waals surface area contributed by atoms with E-state index in [2.05, 4.69) is 15.5 Å². The van der Waals surface area contributed by atoms with Crippen molar-refractivity contribution in [3.63, 3.8) is 0 Å². The van der Waals surface area contributed by atoms with Gasteiger partial charge in [-0.05, 0) is 42.0 Å². The zero-order chi connectivity index (χ0) is 21.8. The Morgan fingerprint density at radius 1 is 1.16 bits per heavy atom. The first-order valence-electron chi connectivity index (χ1n) is 9.28. The second-order valence-electron chi connectivity index (χ2n) is 6.65. The van der Waals surface area contributed by atoms with Crippen molar-refractivity contribution < 1.29 is 14.1 Å². The molecule has 4 aromatic rings. The molecule has 9 nitrogen and oxygen atoms in total. The minimum Gasteiger partial charge on any atom is -0.459 e. The Morgan fingerprint density at radius 2 is 1.97 bits per heavy atom. The quantitative estimate of drug-likeness (QED) is 0.362. The number of carbonyl (C=O) groups excluding carboxylic acids is 1. The third kappa shape index (κ3) is 4.40. The lowest BCUT2D eigenvalue weighted by molar-refractivity contribution is -0.384. The van der Waals surface area contributed by atoms with Crippen LogP contribution in [-0.2, 0) is 6.42 Å². The smallest absolute Gasteiger partial charge is 0.291 e. The molecule has 9 heteroatoms. The van der Waals surface area contributed by atoms with Crippen LogP contribution in [0.2, 0.25) is 0 Å². The zero-order valence-corrected chi connectivity index (χ0v) is 16.1. The van der Waals surface area contributed by atoms with Crippen LogP contribution in [0, 0.1) is 10.1 Å². The Morgan fingerprint density at radius 3 is 2.68 bits per heavy atom. The number of carbonyl (C=O) groups is 1. The molecule has 2 heterocycles. The summed E-state index contributed by atoms with van der Waals surface area (Å²) in [5.41, 5.74) is 1.57. The molecule has 0 saturated heterocycles. The van der Waals surface area contributed by atoms with Gasteiger partial charge in [0.1, 0.15) is 0 Å². The number of allylic oxidation sites excluding steroid dienone is 1. The molecule has 2 aromatic heterocycles. The maximum atomic E-state index is 12.3. The number of anilines is 1. The molecule has 2 N–H and O–H groups in total. The minimum atomic E-state index is -0.449. The van der Waals surface area contributed by atoms with Gasteiger partial charge < -0.3 is 9.73 Å². The number of fused-ring (bicyclic) bond motifs is 1. The van der Waals surface area contributed by atoms with E-state index in [9.17, 15) is 19.7 Å². The highest BCUT2D eigenvalue weighted by molar-refractivity contribution is 6.03. The molecule has 0 fully saturated rings. The number of aromatic nitrogens is 2. The first-order valence-corrected chi connectivity index (χ1v) is 9.28. The second-order valence-corrected chi connectivity index (χ2v) is 6.65. The Hall–Kier alpha value is -4.53. The van der Waals surface area contributed by atoms with Gasteiger partial charge >= 0.3 is 0 Å². The zero-order valence-electron chi connectivity index (χ0n) is 16.1. The summed E-state index contributed by atoms with van der Waals surface area (Å²) in [4.78, 5) is 34.7. The summed E-state index contributed by atoms with van der Waals surface area (Å²) in [5, 5.41) is 21.1. The van der Waals surface area contributed by atoms with E-state index in [1.165, 1.54) is 18.4 Å². The summed E-state index contributed by atoms with van der Waals surface area (Å²) in [5.74, 6) is -0.248. The number of aromatic amines is 1. The van der Waals surface area contributed by atoms with E-state index in [4.69, 9.17) is 4.42 Å². The molecule has 0 aliphatic heterocycles. The number of nitrogens with one attached hydrogen (secondary N) is 2. The minimum absolute atomic E-state index is 0.0281. The third-order valence-corrected chi connectivity index (χ3v) is 4.60. The lowest BCUT2D eigenvalue weighted by Gasteiger charge is -2.07. The van der Waals surface area contributed by atoms with Gasteiger partial charge in [0.2, 0.25) is 0 Å². The van der Waals surface area contributed by atoms with Crippen molar-refractivity contribution in [3.8, 4) is 0 Å². The van der Waals surface area contributed by atoms with E-state index in [0.717, 1.165) is 5.56 Å². The van der Waals surface area contributed by atoms with Gasteiger partial charge in [0.25, 0.3) is 17.2 Å². The van der Waals surface area contributed by atoms with E-state index in [-0.39, 0.29) is 17.0 Å². The van der Waals surface area contributed by atoms with E-state index in [1.807, 2.05) is 12.2 Å². The van der Waals surface area contributed by atoms with Crippen molar-refractivity contribution >= 4 is 34.1 Å². The van der Waals surface area contributed by atoms with Crippen LogP contribution < -0.4 is 10.9 Å². The summed E-state index contributed by atoms with van der Waals surface area (Å²) in [6, 6.07) is 14.3. The first kappa shape index (κ1) is 19.8. The first-order chi connectivity index (χ1) is 15.0. The fraction of sp³-hybridized carbons (Fsp3) is 0.0455. The molecule has 0 aliphatic rings. The molecule has 0 unspecified atom stereocenters. The van der Waals surface area contributed by atoms with E-state index < -0.39 is 10.8 Å². The predicted molar refractivity (Wildman–Crippen MR) is 115 cm³/mol. The van der Waals surface area contributed by atoms with Crippen molar-refractivity contribution in [3.05, 3.63) is 104 Å². The van der Waals surface area contributed by atoms with Crippen molar-refractivity contribution in [2.24, 2.45) is 0 Å². The van der Waals surface area contributed by atoms with Gasteiger partial charge in [-0.1, -0.05) is 18.2 Å². The highest BCUT2D eigenvalue weighted by atomic mass is 16.6. The largest absolute Gasteiger partial charge is 0.459 e. The van der Waals surface area contributed by atoms with Crippen LogP contribution in [0.1, 0.15) is 21.8 Å². The maximum Gasteiger partial charge on any atom is 0.291 e. The molecule has 0 bridgehead atoms. The molecule has 0 spiro atoms. The van der Waals surface area contributed by atoms with Gasteiger partial charge in [-0.25, -0.2) is 5.10 Å². The van der Waals surface area contributed by atoms with Gasteiger partial charge in [0, 0.05) is 29.6 Å². The number of rotatable bonds is 6. The van der Waals surface area contributed by atoms with Gasteiger partial charge in [-0.15, -0.1) is 0 Å². The molecule has 1 amide bonds. The number of nitro groups is 1. The predicted octanol–water partition coefficient (Wildman–Crippen LogP) is 3.93. The summed E-state index contributed by atoms with van der Waals surface area (Å²) in [6.45, 7) is 0. The van der Waals surface area contributed by atoms with E-state index in [1.54, 1.807) is 42.5 Å². The SMILES string of the molecule is O=C(Nc1ccc2c(CC=Cc3ccc([N+](=O)[O-])cc3)n[nH]c(=O)c2c1)c1ccco1. The van der Waals surface area contributed by atoms with Crippen LogP contribution in [0.15, 0.2) is 76.1 Å². The summed E-state index contributed by atoms with van der Waals surface area (Å²) in [7, 11) is 0. The molecular formula is C22H16N4O5. The average Bonchev–Trinajstić information content (AvgIpc) is 3.31. The van der Waals surface area contributed by atoms with Crippen molar-refractivity contribution in [1.29, 1.82) is 0 Å². The van der Waals surface area contributed by atoms with E-state index >= 15 is 0 Å². The highest BCUT2D eigenvalue weighted by Gasteiger charge is 2.11. The standard InChI is InChI=1S/C22H16N4O5/c27-21-18-13-15(23-22(28)20-5-2-12-31-20)8-11-17(18)19(24-25-21)4-1-3-14-6-9-16(10-7-14)26(29)30/h1-3,5-13H,4H2,(H,23,28)(H,25,27). The molecule has 0 radical (unpaired) electrons. The number of H-pyrrole nitrogens is 1. The lowest BCUT2D eigenvalue weighted by Crippen LogP contribution is -2.13. The molecule has 4 rings (SSSR count). The topological polar surface area (TPSA) is 131 Å². The van der Waals surface area contributed by atoms with Crippen LogP contribution >= 0.6 is 0 Å². The fourth-order valence-electron chi connectivity index (χ4n) is 3.07. The number of benzene rings is 2. The monoisotopic (exact) mass is 416 g/mol. The summed E-state index contributed by atoms with van der Waals surface area (Å²) >= 11 is 0. The molecule has 0 aliphatic carbocycles. The second kappa shape index (κ2) is 8.46. The molecule has 154 valence electrons. The fourth-order valence-corrected chi connectivity index (χ4v) is 3.07. The number of amides is 1. The lowest BCUT2D eigenvalue weighted by atomic mass is 10.1. The van der Waals surface area contributed by atoms with Crippen molar-refractivity contribution in [1.82, 2.24) is 10.2 Å². The maximum absolute atomic E-state index is 12.3. The molecule has 0 saturated carbocycles. The number of hydrogen-bond acceptors (Lipinski definition) is 6. The molecule has 31 heavy (non-hydrogen) atoms. The number of hydrogen-bond donors (Lipinski definition) is 2. The third-order valence-electron chi connectivity index (χ3n) is 4.60. The van der Waals surface area contributed by atoms with Gasteiger partial charge in [0.05, 0.1) is 22.3 Å². The van der Waals surface area contributed by atoms with Gasteiger partial charge in [-0.3, -0.25) is 19.7 Å². The molecular weight excluding hydrogens is 400 g/mol.